The van der Waals surface area contributed by atoms with Crippen LogP contribution in [0.15, 0.2) is 46.9 Å². The van der Waals surface area contributed by atoms with Crippen molar-refractivity contribution < 1.29 is 9.18 Å². The number of rotatable bonds is 2. The molecule has 0 saturated carbocycles. The summed E-state index contributed by atoms with van der Waals surface area (Å²) in [6.45, 7) is 0. The molecule has 3 aromatic rings. The van der Waals surface area contributed by atoms with Gasteiger partial charge in [0, 0.05) is 14.6 Å². The van der Waals surface area contributed by atoms with Gasteiger partial charge in [-0.05, 0) is 24.3 Å². The highest BCUT2D eigenvalue weighted by molar-refractivity contribution is 9.10. The number of halogens is 2. The second-order valence-electron chi connectivity index (χ2n) is 4.42. The zero-order chi connectivity index (χ0) is 15.0. The molecule has 0 unspecified atom stereocenters. The molecule has 106 valence electrons. The number of nitrogen functional groups attached to an aromatic ring is 1. The molecule has 21 heavy (non-hydrogen) atoms. The van der Waals surface area contributed by atoms with Crippen LogP contribution in [0.4, 0.5) is 15.8 Å². The zero-order valence-electron chi connectivity index (χ0n) is 10.7. The van der Waals surface area contributed by atoms with Crippen molar-refractivity contribution in [2.75, 3.05) is 11.1 Å². The molecule has 2 aromatic carbocycles. The third-order valence-electron chi connectivity index (χ3n) is 3.02. The number of thiophene rings is 1. The predicted molar refractivity (Wildman–Crippen MR) is 88.3 cm³/mol. The fourth-order valence-corrected chi connectivity index (χ4v) is 3.36. The van der Waals surface area contributed by atoms with E-state index in [-0.39, 0.29) is 5.69 Å². The molecule has 0 fully saturated rings. The monoisotopic (exact) mass is 364 g/mol. The van der Waals surface area contributed by atoms with Crippen molar-refractivity contribution >= 4 is 54.6 Å². The predicted octanol–water partition coefficient (Wildman–Crippen LogP) is 4.64. The molecular weight excluding hydrogens is 355 g/mol. The van der Waals surface area contributed by atoms with Crippen LogP contribution in [0.5, 0.6) is 0 Å². The SMILES string of the molecule is Nc1c(C(=O)Nc2ccc(Br)cc2F)sc2ccccc12. The minimum atomic E-state index is -0.502. The first-order valence-electron chi connectivity index (χ1n) is 6.09. The van der Waals surface area contributed by atoms with Crippen LogP contribution in [0.25, 0.3) is 10.1 Å². The Morgan fingerprint density at radius 2 is 2.00 bits per heavy atom. The van der Waals surface area contributed by atoms with Gasteiger partial charge in [-0.25, -0.2) is 4.39 Å². The largest absolute Gasteiger partial charge is 0.397 e. The van der Waals surface area contributed by atoms with Crippen molar-refractivity contribution in [2.24, 2.45) is 0 Å². The maximum atomic E-state index is 13.8. The molecule has 6 heteroatoms. The van der Waals surface area contributed by atoms with E-state index in [9.17, 15) is 9.18 Å². The first-order chi connectivity index (χ1) is 10.1. The summed E-state index contributed by atoms with van der Waals surface area (Å²) in [5, 5.41) is 3.39. The molecule has 0 bridgehead atoms. The molecule has 0 spiro atoms. The van der Waals surface area contributed by atoms with E-state index >= 15 is 0 Å². The van der Waals surface area contributed by atoms with Crippen molar-refractivity contribution in [2.45, 2.75) is 0 Å². The third kappa shape index (κ3) is 2.64. The second kappa shape index (κ2) is 5.46. The standard InChI is InChI=1S/C15H10BrFN2OS/c16-8-5-6-11(10(17)7-8)19-15(20)14-13(18)9-3-1-2-4-12(9)21-14/h1-7H,18H2,(H,19,20). The van der Waals surface area contributed by atoms with E-state index in [2.05, 4.69) is 21.2 Å². The second-order valence-corrected chi connectivity index (χ2v) is 6.39. The van der Waals surface area contributed by atoms with Crippen molar-refractivity contribution in [1.82, 2.24) is 0 Å². The minimum absolute atomic E-state index is 0.125. The van der Waals surface area contributed by atoms with Crippen LogP contribution in [0.3, 0.4) is 0 Å². The highest BCUT2D eigenvalue weighted by atomic mass is 79.9. The summed E-state index contributed by atoms with van der Waals surface area (Å²) < 4.78 is 15.3. The maximum absolute atomic E-state index is 13.8. The fraction of sp³-hybridized carbons (Fsp3) is 0. The van der Waals surface area contributed by atoms with E-state index in [1.807, 2.05) is 24.3 Å². The molecular formula is C15H10BrFN2OS. The molecule has 3 N–H and O–H groups in total. The minimum Gasteiger partial charge on any atom is -0.397 e. The molecule has 1 amide bonds. The van der Waals surface area contributed by atoms with Crippen molar-refractivity contribution in [3.05, 3.63) is 57.6 Å². The summed E-state index contributed by atoms with van der Waals surface area (Å²) in [6.07, 6.45) is 0. The van der Waals surface area contributed by atoms with Crippen molar-refractivity contribution in [3.8, 4) is 0 Å². The topological polar surface area (TPSA) is 55.1 Å². The molecule has 0 aliphatic rings. The van der Waals surface area contributed by atoms with Crippen molar-refractivity contribution in [3.63, 3.8) is 0 Å². The van der Waals surface area contributed by atoms with Gasteiger partial charge in [0.2, 0.25) is 0 Å². The molecule has 3 nitrogen and oxygen atoms in total. The Labute approximate surface area is 132 Å². The van der Waals surface area contributed by atoms with E-state index in [0.29, 0.717) is 15.0 Å². The summed E-state index contributed by atoms with van der Waals surface area (Å²) in [7, 11) is 0. The molecule has 0 aliphatic carbocycles. The van der Waals surface area contributed by atoms with Crippen LogP contribution in [-0.2, 0) is 0 Å². The highest BCUT2D eigenvalue weighted by Crippen LogP contribution is 2.34. The first kappa shape index (κ1) is 14.0. The highest BCUT2D eigenvalue weighted by Gasteiger charge is 2.17. The number of carbonyl (C=O) groups is 1. The Balaban J connectivity index is 1.95. The van der Waals surface area contributed by atoms with Crippen LogP contribution in [0.1, 0.15) is 9.67 Å². The Hall–Kier alpha value is -1.92. The van der Waals surface area contributed by atoms with E-state index in [1.165, 1.54) is 23.5 Å². The third-order valence-corrected chi connectivity index (χ3v) is 4.70. The quantitative estimate of drug-likeness (QED) is 0.695. The lowest BCUT2D eigenvalue weighted by Crippen LogP contribution is -2.13. The maximum Gasteiger partial charge on any atom is 0.267 e. The lowest BCUT2D eigenvalue weighted by molar-refractivity contribution is 0.103. The molecule has 1 heterocycles. The Morgan fingerprint density at radius 3 is 2.71 bits per heavy atom. The number of hydrogen-bond donors (Lipinski definition) is 2. The number of anilines is 2. The van der Waals surface area contributed by atoms with Gasteiger partial charge in [0.1, 0.15) is 10.7 Å². The number of fused-ring (bicyclic) bond motifs is 1. The van der Waals surface area contributed by atoms with Crippen LogP contribution in [0, 0.1) is 5.82 Å². The Kier molecular flexibility index (Phi) is 3.65. The molecule has 1 aromatic heterocycles. The first-order valence-corrected chi connectivity index (χ1v) is 7.70. The van der Waals surface area contributed by atoms with Gasteiger partial charge >= 0.3 is 0 Å². The Bertz CT molecular complexity index is 847. The number of amides is 1. The lowest BCUT2D eigenvalue weighted by Gasteiger charge is -2.06. The van der Waals surface area contributed by atoms with Gasteiger partial charge in [-0.15, -0.1) is 11.3 Å². The molecule has 0 aliphatic heterocycles. The number of nitrogens with one attached hydrogen (secondary N) is 1. The number of carbonyl (C=O) groups excluding carboxylic acids is 1. The van der Waals surface area contributed by atoms with Gasteiger partial charge in [-0.2, -0.15) is 0 Å². The van der Waals surface area contributed by atoms with Gasteiger partial charge < -0.3 is 11.1 Å². The van der Waals surface area contributed by atoms with E-state index in [4.69, 9.17) is 5.73 Å². The lowest BCUT2D eigenvalue weighted by atomic mass is 10.2. The van der Waals surface area contributed by atoms with Gasteiger partial charge in [-0.3, -0.25) is 4.79 Å². The van der Waals surface area contributed by atoms with E-state index in [0.717, 1.165) is 10.1 Å². The summed E-state index contributed by atoms with van der Waals surface area (Å²) in [6, 6.07) is 12.0. The summed E-state index contributed by atoms with van der Waals surface area (Å²) in [4.78, 5) is 12.7. The number of benzene rings is 2. The van der Waals surface area contributed by atoms with Crippen LogP contribution in [-0.4, -0.2) is 5.91 Å². The van der Waals surface area contributed by atoms with E-state index < -0.39 is 11.7 Å². The molecule has 0 atom stereocenters. The molecule has 3 rings (SSSR count). The van der Waals surface area contributed by atoms with E-state index in [1.54, 1.807) is 6.07 Å². The van der Waals surface area contributed by atoms with Gasteiger partial charge in [0.05, 0.1) is 11.4 Å². The van der Waals surface area contributed by atoms with Crippen LogP contribution in [0.2, 0.25) is 0 Å². The summed E-state index contributed by atoms with van der Waals surface area (Å²) in [5.74, 6) is -0.910. The zero-order valence-corrected chi connectivity index (χ0v) is 13.1. The normalized spacial score (nSPS) is 10.8. The molecule has 0 saturated heterocycles. The molecule has 0 radical (unpaired) electrons. The van der Waals surface area contributed by atoms with Crippen LogP contribution >= 0.6 is 27.3 Å². The fourth-order valence-electron chi connectivity index (χ4n) is 2.00. The summed E-state index contributed by atoms with van der Waals surface area (Å²) >= 11 is 4.46. The average molecular weight is 365 g/mol. The van der Waals surface area contributed by atoms with Crippen molar-refractivity contribution in [1.29, 1.82) is 0 Å². The number of hydrogen-bond acceptors (Lipinski definition) is 3. The average Bonchev–Trinajstić information content (AvgIpc) is 2.80. The van der Waals surface area contributed by atoms with Gasteiger partial charge in [0.25, 0.3) is 5.91 Å². The number of nitrogens with two attached hydrogens (primary N) is 1. The smallest absolute Gasteiger partial charge is 0.267 e. The summed E-state index contributed by atoms with van der Waals surface area (Å²) in [5.41, 5.74) is 6.55. The van der Waals surface area contributed by atoms with Crippen LogP contribution < -0.4 is 11.1 Å². The Morgan fingerprint density at radius 1 is 1.24 bits per heavy atom. The van der Waals surface area contributed by atoms with Gasteiger partial charge in [0.15, 0.2) is 0 Å². The van der Waals surface area contributed by atoms with Gasteiger partial charge in [-0.1, -0.05) is 34.1 Å².